The van der Waals surface area contributed by atoms with Gasteiger partial charge >= 0.3 is 23.7 Å². The van der Waals surface area contributed by atoms with E-state index in [2.05, 4.69) is 4.74 Å². The predicted molar refractivity (Wildman–Crippen MR) is 59.8 cm³/mol. The Morgan fingerprint density at radius 3 is 2.05 bits per heavy atom. The third-order valence-electron chi connectivity index (χ3n) is 2.67. The molecule has 0 unspecified atom stereocenters. The molecule has 0 aliphatic rings. The van der Waals surface area contributed by atoms with Crippen molar-refractivity contribution in [2.24, 2.45) is 0 Å². The maximum Gasteiger partial charge on any atom is 0.411 e. The van der Waals surface area contributed by atoms with E-state index in [9.17, 15) is 35.9 Å². The lowest BCUT2D eigenvalue weighted by Gasteiger charge is -2.29. The molecule has 0 aromatic heterocycles. The maximum atomic E-state index is 13.5. The molecule has 0 radical (unpaired) electrons. The highest BCUT2D eigenvalue weighted by atomic mass is 19.3. The molecule has 4 nitrogen and oxygen atoms in total. The lowest BCUT2D eigenvalue weighted by atomic mass is 9.96. The van der Waals surface area contributed by atoms with Crippen molar-refractivity contribution in [2.75, 3.05) is 7.11 Å². The first-order chi connectivity index (χ1) is 9.89. The molecule has 1 aromatic rings. The van der Waals surface area contributed by atoms with Gasteiger partial charge in [0.25, 0.3) is 0 Å². The summed E-state index contributed by atoms with van der Waals surface area (Å²) < 4.78 is 83.7. The van der Waals surface area contributed by atoms with Crippen LogP contribution in [0, 0.1) is 0 Å². The number of alkyl halides is 6. The van der Waals surface area contributed by atoms with Gasteiger partial charge in [-0.05, 0) is 12.1 Å². The highest BCUT2D eigenvalue weighted by Crippen LogP contribution is 2.47. The van der Waals surface area contributed by atoms with Gasteiger partial charge in [0.1, 0.15) is 5.75 Å². The summed E-state index contributed by atoms with van der Waals surface area (Å²) in [4.78, 5) is 21.5. The molecule has 0 spiro atoms. The fourth-order valence-corrected chi connectivity index (χ4v) is 1.42. The van der Waals surface area contributed by atoms with E-state index in [1.54, 1.807) is 0 Å². The molecule has 0 aliphatic heterocycles. The average Bonchev–Trinajstić information content (AvgIpc) is 2.45. The second kappa shape index (κ2) is 5.50. The molecule has 0 bridgehead atoms. The second-order valence-corrected chi connectivity index (χ2v) is 4.09. The van der Waals surface area contributed by atoms with Crippen LogP contribution in [0.2, 0.25) is 0 Å². The molecular formula is C12H8F6O4. The number of aliphatic carboxylic acids is 1. The fraction of sp³-hybridized carbons (Fsp3) is 0.333. The van der Waals surface area contributed by atoms with Crippen molar-refractivity contribution < 1.29 is 45.8 Å². The number of carboxylic acids is 1. The summed E-state index contributed by atoms with van der Waals surface area (Å²) in [5.74, 6) is -24.8. The van der Waals surface area contributed by atoms with Gasteiger partial charge in [0, 0.05) is 5.56 Å². The van der Waals surface area contributed by atoms with E-state index in [0.717, 1.165) is 13.2 Å². The van der Waals surface area contributed by atoms with Gasteiger partial charge in [0.2, 0.25) is 5.78 Å². The quantitative estimate of drug-likeness (QED) is 0.643. The number of carboxylic acid groups (broad SMARTS) is 1. The Bertz CT molecular complexity index is 599. The van der Waals surface area contributed by atoms with Crippen LogP contribution in [0.1, 0.15) is 10.4 Å². The molecule has 122 valence electrons. The zero-order valence-electron chi connectivity index (χ0n) is 10.7. The lowest BCUT2D eigenvalue weighted by molar-refractivity contribution is -0.285. The first-order valence-electron chi connectivity index (χ1n) is 5.45. The van der Waals surface area contributed by atoms with Crippen molar-refractivity contribution in [1.82, 2.24) is 0 Å². The van der Waals surface area contributed by atoms with Crippen LogP contribution in [-0.2, 0) is 4.79 Å². The molecule has 0 saturated heterocycles. The molecule has 0 amide bonds. The Hall–Kier alpha value is -2.26. The number of ether oxygens (including phenoxy) is 1. The SMILES string of the molecule is COc1cccc(C(=O)C(F)(F)C(F)(F)C(F)(F)C(=O)O)c1. The van der Waals surface area contributed by atoms with Crippen molar-refractivity contribution in [3.8, 4) is 5.75 Å². The number of methoxy groups -OCH3 is 1. The maximum absolute atomic E-state index is 13.5. The molecule has 0 aliphatic carbocycles. The van der Waals surface area contributed by atoms with Gasteiger partial charge in [-0.3, -0.25) is 4.79 Å². The van der Waals surface area contributed by atoms with Crippen LogP contribution in [0.4, 0.5) is 26.3 Å². The fourth-order valence-electron chi connectivity index (χ4n) is 1.42. The van der Waals surface area contributed by atoms with E-state index in [1.165, 1.54) is 6.07 Å². The first kappa shape index (κ1) is 17.8. The molecular weight excluding hydrogens is 322 g/mol. The number of carbonyl (C=O) groups is 2. The third kappa shape index (κ3) is 2.60. The minimum absolute atomic E-state index is 0.157. The highest BCUT2D eigenvalue weighted by Gasteiger charge is 2.78. The summed E-state index contributed by atoms with van der Waals surface area (Å²) in [6.45, 7) is 0. The van der Waals surface area contributed by atoms with E-state index in [1.807, 2.05) is 0 Å². The van der Waals surface area contributed by atoms with E-state index >= 15 is 0 Å². The Morgan fingerprint density at radius 2 is 1.59 bits per heavy atom. The number of hydrogen-bond acceptors (Lipinski definition) is 3. The van der Waals surface area contributed by atoms with Gasteiger partial charge < -0.3 is 9.84 Å². The number of ketones is 1. The molecule has 0 saturated carbocycles. The van der Waals surface area contributed by atoms with Crippen LogP contribution >= 0.6 is 0 Å². The predicted octanol–water partition coefficient (Wildman–Crippen LogP) is 2.87. The Labute approximate surface area is 119 Å². The van der Waals surface area contributed by atoms with Gasteiger partial charge in [-0.1, -0.05) is 12.1 Å². The summed E-state index contributed by atoms with van der Waals surface area (Å²) in [5.41, 5.74) is -1.04. The topological polar surface area (TPSA) is 63.6 Å². The Morgan fingerprint density at radius 1 is 1.05 bits per heavy atom. The van der Waals surface area contributed by atoms with Crippen molar-refractivity contribution in [1.29, 1.82) is 0 Å². The molecule has 22 heavy (non-hydrogen) atoms. The van der Waals surface area contributed by atoms with E-state index in [4.69, 9.17) is 5.11 Å². The summed E-state index contributed by atoms with van der Waals surface area (Å²) in [5, 5.41) is 7.98. The summed E-state index contributed by atoms with van der Waals surface area (Å²) in [6, 6.07) is 3.49. The summed E-state index contributed by atoms with van der Waals surface area (Å²) in [7, 11) is 1.09. The number of halogens is 6. The van der Waals surface area contributed by atoms with Crippen LogP contribution in [0.3, 0.4) is 0 Å². The number of carbonyl (C=O) groups excluding carboxylic acids is 1. The minimum Gasteiger partial charge on any atom is -0.497 e. The Kier molecular flexibility index (Phi) is 4.45. The van der Waals surface area contributed by atoms with Gasteiger partial charge in [-0.2, -0.15) is 26.3 Å². The summed E-state index contributed by atoms with van der Waals surface area (Å²) in [6.07, 6.45) is 0. The van der Waals surface area contributed by atoms with Crippen LogP contribution < -0.4 is 4.74 Å². The number of benzene rings is 1. The van der Waals surface area contributed by atoms with Crippen molar-refractivity contribution in [3.05, 3.63) is 29.8 Å². The third-order valence-corrected chi connectivity index (χ3v) is 2.67. The van der Waals surface area contributed by atoms with Crippen molar-refractivity contribution in [2.45, 2.75) is 17.8 Å². The van der Waals surface area contributed by atoms with Crippen LogP contribution in [-0.4, -0.2) is 41.7 Å². The molecule has 0 fully saturated rings. The molecule has 1 rings (SSSR count). The minimum atomic E-state index is -6.42. The van der Waals surface area contributed by atoms with Gasteiger partial charge in [0.15, 0.2) is 0 Å². The zero-order valence-corrected chi connectivity index (χ0v) is 10.7. The van der Waals surface area contributed by atoms with Crippen molar-refractivity contribution >= 4 is 11.8 Å². The normalized spacial score (nSPS) is 12.9. The zero-order chi connectivity index (χ0) is 17.3. The van der Waals surface area contributed by atoms with E-state index in [-0.39, 0.29) is 5.75 Å². The highest BCUT2D eigenvalue weighted by molar-refractivity contribution is 6.03. The Balaban J connectivity index is 3.32. The molecule has 0 atom stereocenters. The van der Waals surface area contributed by atoms with Gasteiger partial charge in [0.05, 0.1) is 7.11 Å². The average molecular weight is 330 g/mol. The largest absolute Gasteiger partial charge is 0.497 e. The number of hydrogen-bond donors (Lipinski definition) is 1. The van der Waals surface area contributed by atoms with Crippen LogP contribution in [0.25, 0.3) is 0 Å². The first-order valence-corrected chi connectivity index (χ1v) is 5.45. The summed E-state index contributed by atoms with van der Waals surface area (Å²) >= 11 is 0. The number of Topliss-reactive ketones (excluding diaryl/α,β-unsaturated/α-hetero) is 1. The van der Waals surface area contributed by atoms with E-state index < -0.39 is 35.1 Å². The lowest BCUT2D eigenvalue weighted by Crippen LogP contribution is -2.60. The molecule has 1 N–H and O–H groups in total. The van der Waals surface area contributed by atoms with Crippen LogP contribution in [0.15, 0.2) is 24.3 Å². The standard InChI is InChI=1S/C12H8F6O4/c1-22-7-4-2-3-6(5-7)8(19)10(13,14)12(17,18)11(15,16)9(20)21/h2-5H,1H3,(H,20,21). The molecule has 1 aromatic carbocycles. The van der Waals surface area contributed by atoms with Crippen LogP contribution in [0.5, 0.6) is 5.75 Å². The number of rotatable bonds is 6. The monoisotopic (exact) mass is 330 g/mol. The second-order valence-electron chi connectivity index (χ2n) is 4.09. The molecule has 10 heteroatoms. The van der Waals surface area contributed by atoms with E-state index in [0.29, 0.717) is 12.1 Å². The van der Waals surface area contributed by atoms with Crippen molar-refractivity contribution in [3.63, 3.8) is 0 Å². The van der Waals surface area contributed by atoms with Gasteiger partial charge in [-0.25, -0.2) is 4.79 Å². The smallest absolute Gasteiger partial charge is 0.411 e. The molecule has 0 heterocycles. The van der Waals surface area contributed by atoms with Gasteiger partial charge in [-0.15, -0.1) is 0 Å².